The third-order valence-electron chi connectivity index (χ3n) is 1.55. The Morgan fingerprint density at radius 3 is 2.92 bits per heavy atom. The first-order valence-corrected chi connectivity index (χ1v) is 4.09. The highest BCUT2D eigenvalue weighted by atomic mass is 35.5. The summed E-state index contributed by atoms with van der Waals surface area (Å²) in [5.74, 6) is 0. The number of nitrogens with zero attached hydrogens (tertiary/aromatic N) is 1. The Balaban J connectivity index is 2.74. The molecule has 12 heavy (non-hydrogen) atoms. The van der Waals surface area contributed by atoms with Gasteiger partial charge in [-0.05, 0) is 18.6 Å². The second-order valence-electron chi connectivity index (χ2n) is 2.53. The van der Waals surface area contributed by atoms with Crippen LogP contribution >= 0.6 is 11.6 Å². The van der Waals surface area contributed by atoms with Crippen molar-refractivity contribution in [1.82, 2.24) is 4.98 Å². The van der Waals surface area contributed by atoms with Gasteiger partial charge in [0.05, 0.1) is 16.8 Å². The van der Waals surface area contributed by atoms with Gasteiger partial charge in [-0.2, -0.15) is 0 Å². The van der Waals surface area contributed by atoms with Crippen LogP contribution in [0.4, 0.5) is 0 Å². The molecule has 0 saturated heterocycles. The van der Waals surface area contributed by atoms with Gasteiger partial charge in [0.25, 0.3) is 0 Å². The van der Waals surface area contributed by atoms with Crippen LogP contribution in [0.2, 0.25) is 5.02 Å². The van der Waals surface area contributed by atoms with E-state index in [4.69, 9.17) is 17.3 Å². The average molecular weight is 183 g/mol. The van der Waals surface area contributed by atoms with Gasteiger partial charge in [-0.15, -0.1) is 6.58 Å². The van der Waals surface area contributed by atoms with E-state index in [1.807, 2.05) is 6.07 Å². The van der Waals surface area contributed by atoms with Gasteiger partial charge in [0, 0.05) is 6.20 Å². The van der Waals surface area contributed by atoms with Crippen molar-refractivity contribution in [1.29, 1.82) is 0 Å². The molecule has 0 aliphatic carbocycles. The molecule has 2 nitrogen and oxygen atoms in total. The first kappa shape index (κ1) is 9.23. The molecule has 0 fully saturated rings. The van der Waals surface area contributed by atoms with Crippen LogP contribution in [0.15, 0.2) is 31.0 Å². The monoisotopic (exact) mass is 182 g/mol. The Labute approximate surface area is 77.1 Å². The van der Waals surface area contributed by atoms with E-state index in [1.165, 1.54) is 0 Å². The molecule has 0 bridgehead atoms. The molecule has 1 atom stereocenters. The van der Waals surface area contributed by atoms with Gasteiger partial charge < -0.3 is 5.73 Å². The minimum atomic E-state index is -0.0697. The molecule has 1 aromatic heterocycles. The molecular formula is C9H11ClN2. The minimum absolute atomic E-state index is 0.0697. The molecule has 1 aromatic rings. The van der Waals surface area contributed by atoms with Crippen LogP contribution in [0, 0.1) is 0 Å². The summed E-state index contributed by atoms with van der Waals surface area (Å²) < 4.78 is 0. The number of halogens is 1. The quantitative estimate of drug-likeness (QED) is 0.729. The number of rotatable bonds is 3. The van der Waals surface area contributed by atoms with Crippen LogP contribution in [0.1, 0.15) is 18.2 Å². The maximum Gasteiger partial charge on any atom is 0.0589 e. The zero-order chi connectivity index (χ0) is 8.97. The van der Waals surface area contributed by atoms with Crippen LogP contribution in [-0.4, -0.2) is 4.98 Å². The first-order valence-electron chi connectivity index (χ1n) is 3.72. The third-order valence-corrected chi connectivity index (χ3v) is 1.77. The molecule has 0 aliphatic heterocycles. The van der Waals surface area contributed by atoms with Gasteiger partial charge in [-0.3, -0.25) is 4.98 Å². The molecule has 1 rings (SSSR count). The van der Waals surface area contributed by atoms with E-state index in [2.05, 4.69) is 11.6 Å². The molecule has 0 unspecified atom stereocenters. The van der Waals surface area contributed by atoms with Crippen molar-refractivity contribution in [3.63, 3.8) is 0 Å². The van der Waals surface area contributed by atoms with E-state index in [9.17, 15) is 0 Å². The number of pyridine rings is 1. The van der Waals surface area contributed by atoms with E-state index in [1.54, 1.807) is 18.3 Å². The highest BCUT2D eigenvalue weighted by molar-refractivity contribution is 6.30. The summed E-state index contributed by atoms with van der Waals surface area (Å²) in [6.07, 6.45) is 4.11. The third kappa shape index (κ3) is 2.32. The predicted octanol–water partition coefficient (Wildman–Crippen LogP) is 2.31. The smallest absolute Gasteiger partial charge is 0.0589 e. The Morgan fingerprint density at radius 1 is 1.67 bits per heavy atom. The summed E-state index contributed by atoms with van der Waals surface area (Å²) in [6.45, 7) is 3.61. The van der Waals surface area contributed by atoms with Gasteiger partial charge in [0.1, 0.15) is 0 Å². The fourth-order valence-corrected chi connectivity index (χ4v) is 1.02. The van der Waals surface area contributed by atoms with Crippen molar-refractivity contribution >= 4 is 11.6 Å². The molecule has 2 N–H and O–H groups in total. The Morgan fingerprint density at radius 2 is 2.42 bits per heavy atom. The van der Waals surface area contributed by atoms with E-state index in [-0.39, 0.29) is 6.04 Å². The molecule has 1 heterocycles. The molecule has 0 saturated carbocycles. The largest absolute Gasteiger partial charge is 0.322 e. The zero-order valence-corrected chi connectivity index (χ0v) is 7.46. The van der Waals surface area contributed by atoms with Gasteiger partial charge in [0.15, 0.2) is 0 Å². The van der Waals surface area contributed by atoms with Crippen LogP contribution < -0.4 is 5.73 Å². The molecule has 0 amide bonds. The van der Waals surface area contributed by atoms with Gasteiger partial charge in [-0.1, -0.05) is 17.7 Å². The summed E-state index contributed by atoms with van der Waals surface area (Å²) in [6, 6.07) is 3.54. The summed E-state index contributed by atoms with van der Waals surface area (Å²) in [4.78, 5) is 4.09. The maximum absolute atomic E-state index is 5.78. The molecule has 0 aromatic carbocycles. The van der Waals surface area contributed by atoms with Crippen molar-refractivity contribution in [2.45, 2.75) is 12.5 Å². The number of nitrogens with two attached hydrogens (primary N) is 1. The average Bonchev–Trinajstić information content (AvgIpc) is 2.06. The molecule has 0 radical (unpaired) electrons. The van der Waals surface area contributed by atoms with Crippen LogP contribution in [-0.2, 0) is 0 Å². The van der Waals surface area contributed by atoms with Crippen LogP contribution in [0.5, 0.6) is 0 Å². The Hall–Kier alpha value is -0.860. The van der Waals surface area contributed by atoms with Crippen molar-refractivity contribution < 1.29 is 0 Å². The summed E-state index contributed by atoms with van der Waals surface area (Å²) in [7, 11) is 0. The van der Waals surface area contributed by atoms with E-state index < -0.39 is 0 Å². The Kier molecular flexibility index (Phi) is 3.26. The number of hydrogen-bond donors (Lipinski definition) is 1. The molecule has 0 aliphatic rings. The SMILES string of the molecule is C=CC[C@@H](N)c1ccc(Cl)cn1. The lowest BCUT2D eigenvalue weighted by molar-refractivity contribution is 0.714. The van der Waals surface area contributed by atoms with Crippen molar-refractivity contribution in [2.24, 2.45) is 5.73 Å². The van der Waals surface area contributed by atoms with Crippen molar-refractivity contribution in [2.75, 3.05) is 0 Å². The van der Waals surface area contributed by atoms with E-state index in [0.29, 0.717) is 5.02 Å². The second-order valence-corrected chi connectivity index (χ2v) is 2.97. The molecular weight excluding hydrogens is 172 g/mol. The lowest BCUT2D eigenvalue weighted by Gasteiger charge is -2.07. The number of aromatic nitrogens is 1. The summed E-state index contributed by atoms with van der Waals surface area (Å²) in [5, 5.41) is 0.629. The van der Waals surface area contributed by atoms with Gasteiger partial charge in [0.2, 0.25) is 0 Å². The first-order chi connectivity index (χ1) is 5.74. The second kappa shape index (κ2) is 4.24. The summed E-state index contributed by atoms with van der Waals surface area (Å²) >= 11 is 5.67. The van der Waals surface area contributed by atoms with E-state index >= 15 is 0 Å². The van der Waals surface area contributed by atoms with Gasteiger partial charge >= 0.3 is 0 Å². The zero-order valence-electron chi connectivity index (χ0n) is 6.70. The maximum atomic E-state index is 5.78. The fraction of sp³-hybridized carbons (Fsp3) is 0.222. The normalized spacial score (nSPS) is 12.5. The molecule has 3 heteroatoms. The van der Waals surface area contributed by atoms with Crippen molar-refractivity contribution in [3.05, 3.63) is 41.7 Å². The standard InChI is InChI=1S/C9H11ClN2/c1-2-3-8(11)9-5-4-7(10)6-12-9/h2,4-6,8H,1,3,11H2/t8-/m1/s1. The highest BCUT2D eigenvalue weighted by Gasteiger charge is 2.03. The lowest BCUT2D eigenvalue weighted by atomic mass is 10.1. The molecule has 0 spiro atoms. The lowest BCUT2D eigenvalue weighted by Crippen LogP contribution is -2.10. The summed E-state index contributed by atoms with van der Waals surface area (Å²) in [5.41, 5.74) is 6.63. The van der Waals surface area contributed by atoms with Crippen LogP contribution in [0.3, 0.4) is 0 Å². The van der Waals surface area contributed by atoms with Crippen LogP contribution in [0.25, 0.3) is 0 Å². The molecule has 64 valence electrons. The van der Waals surface area contributed by atoms with Crippen molar-refractivity contribution in [3.8, 4) is 0 Å². The topological polar surface area (TPSA) is 38.9 Å². The highest BCUT2D eigenvalue weighted by Crippen LogP contribution is 2.13. The Bertz CT molecular complexity index is 256. The predicted molar refractivity (Wildman–Crippen MR) is 51.0 cm³/mol. The van der Waals surface area contributed by atoms with Gasteiger partial charge in [-0.25, -0.2) is 0 Å². The number of hydrogen-bond acceptors (Lipinski definition) is 2. The minimum Gasteiger partial charge on any atom is -0.322 e. The van der Waals surface area contributed by atoms with E-state index in [0.717, 1.165) is 12.1 Å². The fourth-order valence-electron chi connectivity index (χ4n) is 0.907.